The number of benzene rings is 1. The number of carbonyl (C=O) groups is 2. The number of carbonyl (C=O) groups excluding carboxylic acids is 2. The van der Waals surface area contributed by atoms with Gasteiger partial charge >= 0.3 is 0 Å². The first kappa shape index (κ1) is 21.0. The highest BCUT2D eigenvalue weighted by molar-refractivity contribution is 6.08. The van der Waals surface area contributed by atoms with Gasteiger partial charge in [-0.25, -0.2) is 0 Å². The Labute approximate surface area is 171 Å². The molecule has 29 heavy (non-hydrogen) atoms. The number of nitrogens with zero attached hydrogens (tertiary/aromatic N) is 3. The molecule has 1 saturated heterocycles. The molecule has 0 atom stereocenters. The van der Waals surface area contributed by atoms with Crippen molar-refractivity contribution in [2.75, 3.05) is 45.1 Å². The van der Waals surface area contributed by atoms with Crippen LogP contribution in [-0.2, 0) is 6.54 Å². The maximum Gasteiger partial charge on any atom is 0.273 e. The topological polar surface area (TPSA) is 93.4 Å². The molecule has 2 amide bonds. The zero-order valence-electron chi connectivity index (χ0n) is 17.4. The Balaban J connectivity index is 1.63. The van der Waals surface area contributed by atoms with Gasteiger partial charge in [0.05, 0.1) is 5.69 Å². The summed E-state index contributed by atoms with van der Waals surface area (Å²) in [6, 6.07) is 7.62. The minimum Gasteiger partial charge on any atom is -0.350 e. The smallest absolute Gasteiger partial charge is 0.273 e. The van der Waals surface area contributed by atoms with Crippen molar-refractivity contribution in [2.45, 2.75) is 20.4 Å². The largest absolute Gasteiger partial charge is 0.350 e. The number of piperazine rings is 1. The first-order chi connectivity index (χ1) is 13.9. The summed E-state index contributed by atoms with van der Waals surface area (Å²) in [6.45, 7) is 9.57. The average Bonchev–Trinajstić information content (AvgIpc) is 3.16. The van der Waals surface area contributed by atoms with Crippen molar-refractivity contribution in [3.05, 3.63) is 47.3 Å². The molecule has 1 aromatic heterocycles. The average molecular weight is 399 g/mol. The van der Waals surface area contributed by atoms with E-state index in [1.54, 1.807) is 6.07 Å². The molecule has 2 aromatic rings. The molecule has 1 aliphatic rings. The van der Waals surface area contributed by atoms with Gasteiger partial charge in [-0.05, 0) is 30.7 Å². The lowest BCUT2D eigenvalue weighted by atomic mass is 10.1. The molecule has 0 bridgehead atoms. The van der Waals surface area contributed by atoms with Gasteiger partial charge in [0.1, 0.15) is 0 Å². The fourth-order valence-electron chi connectivity index (χ4n) is 3.21. The second-order valence-corrected chi connectivity index (χ2v) is 7.99. The summed E-state index contributed by atoms with van der Waals surface area (Å²) in [7, 11) is 2.13. The van der Waals surface area contributed by atoms with Gasteiger partial charge in [0.2, 0.25) is 0 Å². The van der Waals surface area contributed by atoms with Crippen LogP contribution in [-0.4, -0.2) is 71.6 Å². The second-order valence-electron chi connectivity index (χ2n) is 7.99. The van der Waals surface area contributed by atoms with Gasteiger partial charge in [0.25, 0.3) is 11.8 Å². The summed E-state index contributed by atoms with van der Waals surface area (Å²) < 4.78 is 0. The van der Waals surface area contributed by atoms with Crippen LogP contribution in [0, 0.1) is 5.92 Å². The van der Waals surface area contributed by atoms with E-state index in [-0.39, 0.29) is 17.5 Å². The van der Waals surface area contributed by atoms with Crippen molar-refractivity contribution in [1.82, 2.24) is 25.3 Å². The van der Waals surface area contributed by atoms with Crippen molar-refractivity contribution in [1.29, 1.82) is 0 Å². The molecule has 0 aliphatic carbocycles. The van der Waals surface area contributed by atoms with Crippen molar-refractivity contribution < 1.29 is 9.59 Å². The molecule has 8 heteroatoms. The number of hydrogen-bond acceptors (Lipinski definition) is 5. The zero-order valence-corrected chi connectivity index (χ0v) is 17.4. The Morgan fingerprint density at radius 2 is 1.93 bits per heavy atom. The molecule has 0 spiro atoms. The molecule has 1 aliphatic heterocycles. The Kier molecular flexibility index (Phi) is 7.00. The van der Waals surface area contributed by atoms with E-state index in [1.807, 2.05) is 32.0 Å². The third kappa shape index (κ3) is 5.88. The maximum atomic E-state index is 12.7. The monoisotopic (exact) mass is 398 g/mol. The summed E-state index contributed by atoms with van der Waals surface area (Å²) in [6.07, 6.45) is 1.52. The predicted molar refractivity (Wildman–Crippen MR) is 113 cm³/mol. The lowest BCUT2D eigenvalue weighted by Crippen LogP contribution is -2.43. The lowest BCUT2D eigenvalue weighted by Gasteiger charge is -2.32. The van der Waals surface area contributed by atoms with Crippen LogP contribution in [0.4, 0.5) is 5.69 Å². The summed E-state index contributed by atoms with van der Waals surface area (Å²) in [4.78, 5) is 29.7. The quantitative estimate of drug-likeness (QED) is 0.661. The van der Waals surface area contributed by atoms with Gasteiger partial charge in [-0.1, -0.05) is 26.0 Å². The van der Waals surface area contributed by atoms with Crippen molar-refractivity contribution in [2.24, 2.45) is 5.92 Å². The van der Waals surface area contributed by atoms with Gasteiger partial charge in [-0.15, -0.1) is 0 Å². The highest BCUT2D eigenvalue weighted by atomic mass is 16.2. The highest BCUT2D eigenvalue weighted by Crippen LogP contribution is 2.15. The number of anilines is 1. The van der Waals surface area contributed by atoms with Gasteiger partial charge in [-0.3, -0.25) is 19.6 Å². The molecule has 1 fully saturated rings. The van der Waals surface area contributed by atoms with E-state index in [2.05, 4.69) is 37.7 Å². The number of amides is 2. The summed E-state index contributed by atoms with van der Waals surface area (Å²) in [5.41, 5.74) is 2.23. The summed E-state index contributed by atoms with van der Waals surface area (Å²) in [5, 5.41) is 12.2. The van der Waals surface area contributed by atoms with E-state index in [4.69, 9.17) is 0 Å². The van der Waals surface area contributed by atoms with Gasteiger partial charge < -0.3 is 15.5 Å². The van der Waals surface area contributed by atoms with Crippen LogP contribution in [0.2, 0.25) is 0 Å². The molecule has 1 aromatic carbocycles. The van der Waals surface area contributed by atoms with Gasteiger partial charge in [-0.2, -0.15) is 5.10 Å². The molecule has 0 saturated carbocycles. The summed E-state index contributed by atoms with van der Waals surface area (Å²) >= 11 is 0. The minimum absolute atomic E-state index is 0.188. The molecular formula is C21H30N6O2. The Bertz CT molecular complexity index is 839. The molecule has 3 N–H and O–H groups in total. The molecule has 0 radical (unpaired) electrons. The van der Waals surface area contributed by atoms with E-state index in [0.717, 1.165) is 38.3 Å². The lowest BCUT2D eigenvalue weighted by molar-refractivity contribution is 0.0945. The zero-order chi connectivity index (χ0) is 20.8. The number of H-pyrrole nitrogens is 1. The maximum absolute atomic E-state index is 12.7. The van der Waals surface area contributed by atoms with Crippen LogP contribution in [0.15, 0.2) is 30.5 Å². The number of hydrogen-bond donors (Lipinski definition) is 3. The van der Waals surface area contributed by atoms with E-state index in [0.29, 0.717) is 23.7 Å². The van der Waals surface area contributed by atoms with Crippen LogP contribution in [0.25, 0.3) is 0 Å². The van der Waals surface area contributed by atoms with E-state index in [9.17, 15) is 9.59 Å². The number of likely N-dealkylation sites (N-methyl/N-ethyl adjacent to an activating group) is 1. The van der Waals surface area contributed by atoms with E-state index < -0.39 is 0 Å². The molecule has 2 heterocycles. The van der Waals surface area contributed by atoms with Crippen molar-refractivity contribution in [3.63, 3.8) is 0 Å². The normalized spacial score (nSPS) is 15.4. The first-order valence-corrected chi connectivity index (χ1v) is 10.1. The van der Waals surface area contributed by atoms with Gasteiger partial charge in [0, 0.05) is 51.0 Å². The Morgan fingerprint density at radius 3 is 2.66 bits per heavy atom. The number of nitrogens with one attached hydrogen (secondary N) is 3. The molecule has 3 rings (SSSR count). The van der Waals surface area contributed by atoms with Crippen LogP contribution < -0.4 is 10.6 Å². The Hall–Kier alpha value is -2.71. The third-order valence-electron chi connectivity index (χ3n) is 4.97. The highest BCUT2D eigenvalue weighted by Gasteiger charge is 2.18. The molecule has 0 unspecified atom stereocenters. The second kappa shape index (κ2) is 9.67. The Morgan fingerprint density at radius 1 is 1.17 bits per heavy atom. The first-order valence-electron chi connectivity index (χ1n) is 10.1. The number of aromatic nitrogens is 2. The van der Waals surface area contributed by atoms with Crippen molar-refractivity contribution >= 4 is 17.5 Å². The van der Waals surface area contributed by atoms with Crippen LogP contribution >= 0.6 is 0 Å². The van der Waals surface area contributed by atoms with Crippen LogP contribution in [0.5, 0.6) is 0 Å². The SMILES string of the molecule is CC(C)CNC(=O)c1n[nH]cc1NC(=O)c1cccc(CN2CCN(C)CC2)c1. The van der Waals surface area contributed by atoms with E-state index >= 15 is 0 Å². The van der Waals surface area contributed by atoms with Crippen LogP contribution in [0.3, 0.4) is 0 Å². The molecule has 156 valence electrons. The van der Waals surface area contributed by atoms with Gasteiger partial charge in [0.15, 0.2) is 5.69 Å². The standard InChI is InChI=1S/C21H30N6O2/c1-15(2)12-22-21(29)19-18(13-23-25-19)24-20(28)17-6-4-5-16(11-17)14-27-9-7-26(3)8-10-27/h4-6,11,13,15H,7-10,12,14H2,1-3H3,(H,22,29)(H,23,25)(H,24,28). The predicted octanol–water partition coefficient (Wildman–Crippen LogP) is 1.80. The molecular weight excluding hydrogens is 368 g/mol. The number of rotatable bonds is 7. The van der Waals surface area contributed by atoms with E-state index in [1.165, 1.54) is 6.20 Å². The number of aromatic amines is 1. The van der Waals surface area contributed by atoms with Crippen LogP contribution in [0.1, 0.15) is 40.3 Å². The fourth-order valence-corrected chi connectivity index (χ4v) is 3.21. The fraction of sp³-hybridized carbons (Fsp3) is 0.476. The third-order valence-corrected chi connectivity index (χ3v) is 4.97. The molecule has 8 nitrogen and oxygen atoms in total. The minimum atomic E-state index is -0.306. The summed E-state index contributed by atoms with van der Waals surface area (Å²) in [5.74, 6) is -0.234. The van der Waals surface area contributed by atoms with Crippen molar-refractivity contribution in [3.8, 4) is 0 Å².